The second kappa shape index (κ2) is 3.26. The molecular formula is C10H13ClN2. The third-order valence-electron chi connectivity index (χ3n) is 2.57. The largest absolute Gasteiger partial charge is 0.238 e. The molecule has 13 heavy (non-hydrogen) atoms. The second-order valence-corrected chi connectivity index (χ2v) is 4.10. The molecule has 0 saturated heterocycles. The smallest absolute Gasteiger partial charge is 0.133 e. The predicted molar refractivity (Wildman–Crippen MR) is 52.9 cm³/mol. The summed E-state index contributed by atoms with van der Waals surface area (Å²) in [5, 5.41) is 0.584. The van der Waals surface area contributed by atoms with Crippen LogP contribution in [-0.2, 0) is 6.42 Å². The van der Waals surface area contributed by atoms with Gasteiger partial charge in [0.25, 0.3) is 0 Å². The summed E-state index contributed by atoms with van der Waals surface area (Å²) < 4.78 is 0. The van der Waals surface area contributed by atoms with Gasteiger partial charge in [-0.05, 0) is 24.8 Å². The van der Waals surface area contributed by atoms with E-state index in [1.54, 1.807) is 0 Å². The SMILES string of the molecule is CCc1cc(Cl)nc(C2CC2C)n1. The minimum absolute atomic E-state index is 0.559. The van der Waals surface area contributed by atoms with E-state index in [0.29, 0.717) is 11.1 Å². The van der Waals surface area contributed by atoms with Crippen molar-refractivity contribution in [2.75, 3.05) is 0 Å². The Balaban J connectivity index is 2.30. The van der Waals surface area contributed by atoms with E-state index in [-0.39, 0.29) is 0 Å². The maximum atomic E-state index is 5.90. The summed E-state index contributed by atoms with van der Waals surface area (Å²) in [5.74, 6) is 2.24. The third kappa shape index (κ3) is 1.83. The van der Waals surface area contributed by atoms with Crippen molar-refractivity contribution in [2.45, 2.75) is 32.6 Å². The monoisotopic (exact) mass is 196 g/mol. The Labute approximate surface area is 83.4 Å². The van der Waals surface area contributed by atoms with Crippen molar-refractivity contribution >= 4 is 11.6 Å². The lowest BCUT2D eigenvalue weighted by Crippen LogP contribution is -1.98. The number of aryl methyl sites for hydroxylation is 1. The summed E-state index contributed by atoms with van der Waals surface area (Å²) in [4.78, 5) is 8.72. The molecule has 0 aliphatic heterocycles. The fourth-order valence-electron chi connectivity index (χ4n) is 1.51. The molecule has 0 amide bonds. The molecule has 2 nitrogen and oxygen atoms in total. The first-order valence-electron chi connectivity index (χ1n) is 4.74. The van der Waals surface area contributed by atoms with Gasteiger partial charge >= 0.3 is 0 Å². The molecule has 0 bridgehead atoms. The van der Waals surface area contributed by atoms with Gasteiger partial charge in [-0.2, -0.15) is 0 Å². The molecule has 0 spiro atoms. The highest BCUT2D eigenvalue weighted by molar-refractivity contribution is 6.29. The molecular weight excluding hydrogens is 184 g/mol. The third-order valence-corrected chi connectivity index (χ3v) is 2.76. The summed E-state index contributed by atoms with van der Waals surface area (Å²) in [6, 6.07) is 1.85. The minimum atomic E-state index is 0.559. The number of hydrogen-bond acceptors (Lipinski definition) is 2. The fourth-order valence-corrected chi connectivity index (χ4v) is 1.72. The van der Waals surface area contributed by atoms with Crippen LogP contribution in [0.1, 0.15) is 37.7 Å². The summed E-state index contributed by atoms with van der Waals surface area (Å²) in [6.45, 7) is 4.30. The maximum absolute atomic E-state index is 5.90. The van der Waals surface area contributed by atoms with Crippen LogP contribution in [0.2, 0.25) is 5.15 Å². The lowest BCUT2D eigenvalue weighted by Gasteiger charge is -2.01. The Kier molecular flexibility index (Phi) is 2.24. The van der Waals surface area contributed by atoms with E-state index in [9.17, 15) is 0 Å². The molecule has 0 aromatic carbocycles. The van der Waals surface area contributed by atoms with E-state index >= 15 is 0 Å². The highest BCUT2D eigenvalue weighted by atomic mass is 35.5. The molecule has 1 aliphatic rings. The molecule has 1 heterocycles. The number of halogens is 1. The number of rotatable bonds is 2. The zero-order valence-corrected chi connectivity index (χ0v) is 8.67. The molecule has 3 heteroatoms. The summed E-state index contributed by atoms with van der Waals surface area (Å²) in [5.41, 5.74) is 1.05. The number of aromatic nitrogens is 2. The molecule has 1 aromatic heterocycles. The molecule has 1 aliphatic carbocycles. The van der Waals surface area contributed by atoms with E-state index < -0.39 is 0 Å². The lowest BCUT2D eigenvalue weighted by atomic mass is 10.3. The van der Waals surface area contributed by atoms with Gasteiger partial charge in [0.15, 0.2) is 0 Å². The van der Waals surface area contributed by atoms with Crippen LogP contribution >= 0.6 is 11.6 Å². The van der Waals surface area contributed by atoms with Crippen LogP contribution in [0.15, 0.2) is 6.07 Å². The minimum Gasteiger partial charge on any atom is -0.238 e. The maximum Gasteiger partial charge on any atom is 0.133 e. The zero-order chi connectivity index (χ0) is 9.42. The second-order valence-electron chi connectivity index (χ2n) is 3.71. The van der Waals surface area contributed by atoms with Gasteiger partial charge in [0.2, 0.25) is 0 Å². The van der Waals surface area contributed by atoms with Gasteiger partial charge in [0.05, 0.1) is 0 Å². The van der Waals surface area contributed by atoms with Crippen molar-refractivity contribution in [2.24, 2.45) is 5.92 Å². The van der Waals surface area contributed by atoms with Gasteiger partial charge in [0, 0.05) is 11.6 Å². The van der Waals surface area contributed by atoms with Crippen molar-refractivity contribution in [3.63, 3.8) is 0 Å². The van der Waals surface area contributed by atoms with E-state index in [1.165, 1.54) is 6.42 Å². The standard InChI is InChI=1S/C10H13ClN2/c1-3-7-5-9(11)13-10(12-7)8-4-6(8)2/h5-6,8H,3-4H2,1-2H3. The van der Waals surface area contributed by atoms with E-state index in [2.05, 4.69) is 23.8 Å². The lowest BCUT2D eigenvalue weighted by molar-refractivity contribution is 0.821. The van der Waals surface area contributed by atoms with Crippen molar-refractivity contribution in [3.8, 4) is 0 Å². The van der Waals surface area contributed by atoms with Gasteiger partial charge in [-0.3, -0.25) is 0 Å². The molecule has 2 atom stereocenters. The van der Waals surface area contributed by atoms with Gasteiger partial charge in [-0.15, -0.1) is 0 Å². The molecule has 2 unspecified atom stereocenters. The molecule has 70 valence electrons. The van der Waals surface area contributed by atoms with Crippen LogP contribution in [0.3, 0.4) is 0 Å². The molecule has 1 fully saturated rings. The van der Waals surface area contributed by atoms with Crippen LogP contribution in [-0.4, -0.2) is 9.97 Å². The summed E-state index contributed by atoms with van der Waals surface area (Å²) in [7, 11) is 0. The van der Waals surface area contributed by atoms with Crippen LogP contribution in [0.5, 0.6) is 0 Å². The number of nitrogens with zero attached hydrogens (tertiary/aromatic N) is 2. The quantitative estimate of drug-likeness (QED) is 0.680. The average Bonchev–Trinajstić information content (AvgIpc) is 2.81. The molecule has 2 rings (SSSR count). The molecule has 0 radical (unpaired) electrons. The molecule has 0 N–H and O–H groups in total. The Morgan fingerprint density at radius 3 is 2.77 bits per heavy atom. The van der Waals surface area contributed by atoms with Crippen molar-refractivity contribution in [1.29, 1.82) is 0 Å². The summed E-state index contributed by atoms with van der Waals surface area (Å²) >= 11 is 5.90. The summed E-state index contributed by atoms with van der Waals surface area (Å²) in [6.07, 6.45) is 2.14. The predicted octanol–water partition coefficient (Wildman–Crippen LogP) is 2.82. The average molecular weight is 197 g/mol. The Bertz CT molecular complexity index is 325. The van der Waals surface area contributed by atoms with Gasteiger partial charge < -0.3 is 0 Å². The Morgan fingerprint density at radius 1 is 1.54 bits per heavy atom. The first kappa shape index (κ1) is 8.95. The highest BCUT2D eigenvalue weighted by Crippen LogP contribution is 2.45. The van der Waals surface area contributed by atoms with Crippen molar-refractivity contribution in [3.05, 3.63) is 22.7 Å². The van der Waals surface area contributed by atoms with E-state index in [1.807, 2.05) is 6.07 Å². The first-order chi connectivity index (χ1) is 6.20. The van der Waals surface area contributed by atoms with Crippen LogP contribution in [0.4, 0.5) is 0 Å². The first-order valence-corrected chi connectivity index (χ1v) is 5.12. The van der Waals surface area contributed by atoms with Crippen LogP contribution < -0.4 is 0 Å². The Hall–Kier alpha value is -0.630. The van der Waals surface area contributed by atoms with Crippen molar-refractivity contribution < 1.29 is 0 Å². The van der Waals surface area contributed by atoms with Crippen LogP contribution in [0, 0.1) is 5.92 Å². The molecule has 1 aromatic rings. The van der Waals surface area contributed by atoms with E-state index in [4.69, 9.17) is 11.6 Å². The molecule has 1 saturated carbocycles. The van der Waals surface area contributed by atoms with Crippen LogP contribution in [0.25, 0.3) is 0 Å². The van der Waals surface area contributed by atoms with Gasteiger partial charge in [-0.25, -0.2) is 9.97 Å². The zero-order valence-electron chi connectivity index (χ0n) is 7.92. The van der Waals surface area contributed by atoms with Gasteiger partial charge in [0.1, 0.15) is 11.0 Å². The van der Waals surface area contributed by atoms with Crippen molar-refractivity contribution in [1.82, 2.24) is 9.97 Å². The van der Waals surface area contributed by atoms with E-state index in [0.717, 1.165) is 23.9 Å². The highest BCUT2D eigenvalue weighted by Gasteiger charge is 2.36. The fraction of sp³-hybridized carbons (Fsp3) is 0.600. The normalized spacial score (nSPS) is 26.1. The number of hydrogen-bond donors (Lipinski definition) is 0. The Morgan fingerprint density at radius 2 is 2.23 bits per heavy atom. The topological polar surface area (TPSA) is 25.8 Å². The van der Waals surface area contributed by atoms with Gasteiger partial charge in [-0.1, -0.05) is 25.4 Å².